The van der Waals surface area contributed by atoms with Crippen LogP contribution in [0.5, 0.6) is 17.2 Å². The van der Waals surface area contributed by atoms with Gasteiger partial charge in [0.05, 0.1) is 12.6 Å². The normalized spacial score (nSPS) is 10.8. The van der Waals surface area contributed by atoms with Crippen LogP contribution < -0.4 is 10.3 Å². The van der Waals surface area contributed by atoms with Gasteiger partial charge in [-0.3, -0.25) is 4.79 Å². The van der Waals surface area contributed by atoms with Crippen molar-refractivity contribution in [1.29, 1.82) is 0 Å². The number of benzene rings is 2. The Morgan fingerprint density at radius 1 is 1.15 bits per heavy atom. The molecule has 3 rings (SSSR count). The van der Waals surface area contributed by atoms with E-state index in [9.17, 15) is 23.5 Å². The molecule has 0 radical (unpaired) electrons. The number of halogens is 2. The number of carbonyl (C=O) groups excluding carboxylic acids is 1. The summed E-state index contributed by atoms with van der Waals surface area (Å²) in [4.78, 5) is 24.1. The maximum Gasteiger partial charge on any atom is 0.347 e. The number of rotatable bonds is 3. The second kappa shape index (κ2) is 6.47. The summed E-state index contributed by atoms with van der Waals surface area (Å²) in [5.41, 5.74) is -0.993. The summed E-state index contributed by atoms with van der Waals surface area (Å²) in [6.45, 7) is 0. The molecule has 0 fully saturated rings. The quantitative estimate of drug-likeness (QED) is 0.726. The van der Waals surface area contributed by atoms with Crippen molar-refractivity contribution in [2.75, 3.05) is 7.11 Å². The molecule has 0 aliphatic carbocycles. The van der Waals surface area contributed by atoms with Gasteiger partial charge in [-0.25, -0.2) is 13.6 Å². The smallest absolute Gasteiger partial charge is 0.347 e. The standard InChI is InChI=1S/C18H13F2NO5/c1-21-13-8-10(26-14-6-3-9(19)7-12(14)20)4-5-11(13)16(22)15(17(21)23)18(24)25-2/h3-8,22H,1-2H3. The van der Waals surface area contributed by atoms with E-state index in [1.54, 1.807) is 0 Å². The lowest BCUT2D eigenvalue weighted by molar-refractivity contribution is 0.0595. The number of pyridine rings is 1. The number of ether oxygens (including phenoxy) is 2. The van der Waals surface area contributed by atoms with Crippen molar-refractivity contribution in [1.82, 2.24) is 4.57 Å². The maximum absolute atomic E-state index is 13.7. The average Bonchev–Trinajstić information content (AvgIpc) is 2.62. The van der Waals surface area contributed by atoms with E-state index in [4.69, 9.17) is 4.74 Å². The highest BCUT2D eigenvalue weighted by Gasteiger charge is 2.22. The lowest BCUT2D eigenvalue weighted by Crippen LogP contribution is -2.25. The number of carbonyl (C=O) groups is 1. The first-order valence-corrected chi connectivity index (χ1v) is 7.40. The summed E-state index contributed by atoms with van der Waals surface area (Å²) in [6.07, 6.45) is 0. The first-order chi connectivity index (χ1) is 12.3. The molecule has 1 aromatic heterocycles. The minimum absolute atomic E-state index is 0.156. The molecule has 2 aromatic carbocycles. The number of esters is 1. The Kier molecular flexibility index (Phi) is 4.33. The predicted molar refractivity (Wildman–Crippen MR) is 88.6 cm³/mol. The van der Waals surface area contributed by atoms with Gasteiger partial charge in [0.15, 0.2) is 17.1 Å². The van der Waals surface area contributed by atoms with Gasteiger partial charge in [-0.1, -0.05) is 0 Å². The first-order valence-electron chi connectivity index (χ1n) is 7.40. The summed E-state index contributed by atoms with van der Waals surface area (Å²) in [6, 6.07) is 7.07. The van der Waals surface area contributed by atoms with Crippen LogP contribution in [-0.4, -0.2) is 22.8 Å². The summed E-state index contributed by atoms with van der Waals surface area (Å²) in [5.74, 6) is -3.15. The summed E-state index contributed by atoms with van der Waals surface area (Å²) in [5, 5.41) is 10.5. The van der Waals surface area contributed by atoms with Gasteiger partial charge in [-0.05, 0) is 24.3 Å². The van der Waals surface area contributed by atoms with Crippen molar-refractivity contribution in [3.05, 3.63) is 63.9 Å². The minimum Gasteiger partial charge on any atom is -0.506 e. The molecule has 0 saturated carbocycles. The lowest BCUT2D eigenvalue weighted by atomic mass is 10.1. The fourth-order valence-electron chi connectivity index (χ4n) is 2.54. The van der Waals surface area contributed by atoms with Crippen molar-refractivity contribution in [3.63, 3.8) is 0 Å². The molecule has 8 heteroatoms. The fraction of sp³-hybridized carbons (Fsp3) is 0.111. The Morgan fingerprint density at radius 3 is 2.54 bits per heavy atom. The van der Waals surface area contributed by atoms with Gasteiger partial charge in [-0.15, -0.1) is 0 Å². The van der Waals surface area contributed by atoms with E-state index in [-0.39, 0.29) is 22.4 Å². The number of nitrogens with zero attached hydrogens (tertiary/aromatic N) is 1. The Balaban J connectivity index is 2.13. The van der Waals surface area contributed by atoms with Crippen molar-refractivity contribution in [2.45, 2.75) is 0 Å². The Labute approximate surface area is 145 Å². The molecular weight excluding hydrogens is 348 g/mol. The molecule has 6 nitrogen and oxygen atoms in total. The molecule has 26 heavy (non-hydrogen) atoms. The summed E-state index contributed by atoms with van der Waals surface area (Å²) >= 11 is 0. The van der Waals surface area contributed by atoms with Crippen molar-refractivity contribution in [3.8, 4) is 17.2 Å². The van der Waals surface area contributed by atoms with Crippen LogP contribution in [0.1, 0.15) is 10.4 Å². The van der Waals surface area contributed by atoms with Gasteiger partial charge in [-0.2, -0.15) is 0 Å². The lowest BCUT2D eigenvalue weighted by Gasteiger charge is -2.13. The zero-order valence-corrected chi connectivity index (χ0v) is 13.7. The molecule has 3 aromatic rings. The third-order valence-electron chi connectivity index (χ3n) is 3.85. The Hall–Kier alpha value is -3.42. The Morgan fingerprint density at radius 2 is 1.88 bits per heavy atom. The van der Waals surface area contributed by atoms with Crippen LogP contribution in [0.25, 0.3) is 10.9 Å². The summed E-state index contributed by atoms with van der Waals surface area (Å²) < 4.78 is 37.7. The topological polar surface area (TPSA) is 77.8 Å². The van der Waals surface area contributed by atoms with Gasteiger partial charge in [0.25, 0.3) is 5.56 Å². The van der Waals surface area contributed by atoms with Gasteiger partial charge in [0.2, 0.25) is 0 Å². The molecule has 0 spiro atoms. The van der Waals surface area contributed by atoms with E-state index in [2.05, 4.69) is 4.74 Å². The highest BCUT2D eigenvalue weighted by Crippen LogP contribution is 2.32. The number of methoxy groups -OCH3 is 1. The summed E-state index contributed by atoms with van der Waals surface area (Å²) in [7, 11) is 2.50. The van der Waals surface area contributed by atoms with Crippen LogP contribution in [0.15, 0.2) is 41.2 Å². The SMILES string of the molecule is COC(=O)c1c(O)c2ccc(Oc3ccc(F)cc3F)cc2n(C)c1=O. The molecular formula is C18H13F2NO5. The average molecular weight is 361 g/mol. The zero-order chi connectivity index (χ0) is 19.0. The molecule has 0 bridgehead atoms. The molecule has 0 saturated heterocycles. The highest BCUT2D eigenvalue weighted by atomic mass is 19.1. The fourth-order valence-corrected chi connectivity index (χ4v) is 2.54. The molecule has 0 atom stereocenters. The van der Waals surface area contributed by atoms with Gasteiger partial charge >= 0.3 is 5.97 Å². The van der Waals surface area contributed by atoms with E-state index in [1.807, 2.05) is 0 Å². The van der Waals surface area contributed by atoms with Gasteiger partial charge in [0, 0.05) is 24.6 Å². The van der Waals surface area contributed by atoms with Gasteiger partial charge in [0.1, 0.15) is 17.3 Å². The van der Waals surface area contributed by atoms with Crippen LogP contribution in [0.4, 0.5) is 8.78 Å². The van der Waals surface area contributed by atoms with Crippen molar-refractivity contribution < 1.29 is 28.2 Å². The third kappa shape index (κ3) is 2.85. The largest absolute Gasteiger partial charge is 0.506 e. The van der Waals surface area contributed by atoms with E-state index < -0.39 is 34.5 Å². The molecule has 0 aliphatic rings. The Bertz CT molecular complexity index is 1090. The monoisotopic (exact) mass is 361 g/mol. The van der Waals surface area contributed by atoms with E-state index in [1.165, 1.54) is 25.2 Å². The van der Waals surface area contributed by atoms with E-state index in [0.29, 0.717) is 6.07 Å². The molecule has 1 N–H and O–H groups in total. The van der Waals surface area contributed by atoms with Crippen LogP contribution in [0.2, 0.25) is 0 Å². The van der Waals surface area contributed by atoms with E-state index >= 15 is 0 Å². The zero-order valence-electron chi connectivity index (χ0n) is 13.7. The molecule has 0 amide bonds. The molecule has 1 heterocycles. The van der Waals surface area contributed by atoms with Crippen LogP contribution in [-0.2, 0) is 11.8 Å². The van der Waals surface area contributed by atoms with Crippen LogP contribution in [0.3, 0.4) is 0 Å². The second-order valence-corrected chi connectivity index (χ2v) is 5.44. The first kappa shape index (κ1) is 17.4. The molecule has 134 valence electrons. The minimum atomic E-state index is -0.960. The number of hydrogen-bond acceptors (Lipinski definition) is 5. The number of fused-ring (bicyclic) bond motifs is 1. The number of aryl methyl sites for hydroxylation is 1. The highest BCUT2D eigenvalue weighted by molar-refractivity contribution is 5.99. The second-order valence-electron chi connectivity index (χ2n) is 5.44. The third-order valence-corrected chi connectivity index (χ3v) is 3.85. The molecule has 0 aliphatic heterocycles. The van der Waals surface area contributed by atoms with E-state index in [0.717, 1.165) is 23.8 Å². The maximum atomic E-state index is 13.7. The van der Waals surface area contributed by atoms with Crippen LogP contribution >= 0.6 is 0 Å². The van der Waals surface area contributed by atoms with Crippen molar-refractivity contribution >= 4 is 16.9 Å². The predicted octanol–water partition coefficient (Wildman–Crippen LogP) is 3.10. The number of aromatic nitrogens is 1. The van der Waals surface area contributed by atoms with Crippen molar-refractivity contribution in [2.24, 2.45) is 7.05 Å². The molecule has 0 unspecified atom stereocenters. The van der Waals surface area contributed by atoms with Crippen LogP contribution in [0, 0.1) is 11.6 Å². The van der Waals surface area contributed by atoms with Gasteiger partial charge < -0.3 is 19.1 Å². The number of aromatic hydroxyl groups is 1. The number of hydrogen-bond donors (Lipinski definition) is 1.